The van der Waals surface area contributed by atoms with Gasteiger partial charge in [0.1, 0.15) is 6.04 Å². The third-order valence-corrected chi connectivity index (χ3v) is 2.23. The zero-order chi connectivity index (χ0) is 11.9. The first-order valence-electron chi connectivity index (χ1n) is 5.09. The van der Waals surface area contributed by atoms with Crippen LogP contribution in [0.1, 0.15) is 19.8 Å². The fourth-order valence-corrected chi connectivity index (χ4v) is 1.40. The van der Waals surface area contributed by atoms with E-state index in [9.17, 15) is 13.2 Å². The fraction of sp³-hybridized carbons (Fsp3) is 1.00. The third-order valence-electron chi connectivity index (χ3n) is 2.23. The summed E-state index contributed by atoms with van der Waals surface area (Å²) in [4.78, 5) is 1.20. The normalized spacial score (nSPS) is 14.6. The molecule has 0 spiro atoms. The molecule has 0 saturated heterocycles. The maximum absolute atomic E-state index is 12.5. The van der Waals surface area contributed by atoms with Gasteiger partial charge in [0.2, 0.25) is 0 Å². The first-order valence-corrected chi connectivity index (χ1v) is 5.09. The van der Waals surface area contributed by atoms with E-state index < -0.39 is 18.8 Å². The lowest BCUT2D eigenvalue weighted by Crippen LogP contribution is -2.51. The van der Waals surface area contributed by atoms with Gasteiger partial charge in [-0.05, 0) is 13.0 Å². The molecule has 3 N–H and O–H groups in total. The van der Waals surface area contributed by atoms with Crippen LogP contribution in [0.25, 0.3) is 0 Å². The second kappa shape index (κ2) is 7.03. The predicted octanol–water partition coefficient (Wildman–Crippen LogP) is 0.970. The van der Waals surface area contributed by atoms with Crippen LogP contribution in [-0.4, -0.2) is 48.5 Å². The van der Waals surface area contributed by atoms with Crippen LogP contribution < -0.4 is 5.73 Å². The van der Waals surface area contributed by atoms with Gasteiger partial charge in [-0.15, -0.1) is 0 Å². The maximum atomic E-state index is 12.5. The first-order chi connectivity index (χ1) is 6.97. The summed E-state index contributed by atoms with van der Waals surface area (Å²) in [5.41, 5.74) is 5.12. The van der Waals surface area contributed by atoms with Gasteiger partial charge in [-0.2, -0.15) is 13.2 Å². The van der Waals surface area contributed by atoms with E-state index in [1.54, 1.807) is 0 Å². The molecule has 92 valence electrons. The van der Waals surface area contributed by atoms with Gasteiger partial charge in [-0.25, -0.2) is 0 Å². The molecule has 6 heteroatoms. The van der Waals surface area contributed by atoms with Crippen molar-refractivity contribution in [3.8, 4) is 0 Å². The summed E-state index contributed by atoms with van der Waals surface area (Å²) in [6.07, 6.45) is -2.83. The maximum Gasteiger partial charge on any atom is 0.405 e. The van der Waals surface area contributed by atoms with Gasteiger partial charge in [-0.3, -0.25) is 4.90 Å². The van der Waals surface area contributed by atoms with E-state index in [1.807, 2.05) is 6.92 Å². The molecule has 0 aliphatic carbocycles. The van der Waals surface area contributed by atoms with Crippen molar-refractivity contribution >= 4 is 0 Å². The van der Waals surface area contributed by atoms with Crippen LogP contribution in [0, 0.1) is 0 Å². The highest BCUT2D eigenvalue weighted by Gasteiger charge is 2.42. The van der Waals surface area contributed by atoms with E-state index in [0.29, 0.717) is 13.0 Å². The van der Waals surface area contributed by atoms with Crippen molar-refractivity contribution in [1.29, 1.82) is 0 Å². The third kappa shape index (κ3) is 5.34. The average Bonchev–Trinajstić information content (AvgIpc) is 2.13. The minimum atomic E-state index is -4.32. The van der Waals surface area contributed by atoms with Gasteiger partial charge in [-0.1, -0.05) is 13.3 Å². The summed E-state index contributed by atoms with van der Waals surface area (Å²) in [5.74, 6) is 0. The summed E-state index contributed by atoms with van der Waals surface area (Å²) in [6, 6.07) is -1.64. The zero-order valence-corrected chi connectivity index (χ0v) is 8.93. The Morgan fingerprint density at radius 1 is 1.33 bits per heavy atom. The van der Waals surface area contributed by atoms with Crippen molar-refractivity contribution in [2.75, 3.05) is 26.2 Å². The molecule has 0 aromatic rings. The Labute approximate surface area is 88.0 Å². The standard InChI is InChI=1S/C9H19F3N2O/c1-2-3-4-14(5-6-15)8(7-13)9(10,11)12/h8,15H,2-7,13H2,1H3. The first kappa shape index (κ1) is 14.7. The van der Waals surface area contributed by atoms with E-state index in [-0.39, 0.29) is 13.2 Å². The smallest absolute Gasteiger partial charge is 0.395 e. The number of nitrogens with two attached hydrogens (primary N) is 1. The van der Waals surface area contributed by atoms with Crippen LogP contribution in [0.3, 0.4) is 0 Å². The Morgan fingerprint density at radius 2 is 1.93 bits per heavy atom. The van der Waals surface area contributed by atoms with Crippen molar-refractivity contribution in [2.45, 2.75) is 32.0 Å². The lowest BCUT2D eigenvalue weighted by Gasteiger charge is -2.31. The Balaban J connectivity index is 4.40. The highest BCUT2D eigenvalue weighted by Crippen LogP contribution is 2.24. The highest BCUT2D eigenvalue weighted by molar-refractivity contribution is 4.79. The minimum absolute atomic E-state index is 0.0153. The molecule has 3 nitrogen and oxygen atoms in total. The summed E-state index contributed by atoms with van der Waals surface area (Å²) in [5, 5.41) is 8.70. The number of hydrogen-bond acceptors (Lipinski definition) is 3. The van der Waals surface area contributed by atoms with Crippen molar-refractivity contribution in [2.24, 2.45) is 5.73 Å². The number of unbranched alkanes of at least 4 members (excludes halogenated alkanes) is 1. The molecular formula is C9H19F3N2O. The lowest BCUT2D eigenvalue weighted by molar-refractivity contribution is -0.182. The van der Waals surface area contributed by atoms with Crippen molar-refractivity contribution in [1.82, 2.24) is 4.90 Å². The quantitative estimate of drug-likeness (QED) is 0.682. The molecule has 0 fully saturated rings. The molecule has 0 radical (unpaired) electrons. The Bertz CT molecular complexity index is 164. The minimum Gasteiger partial charge on any atom is -0.395 e. The Kier molecular flexibility index (Phi) is 6.87. The number of aliphatic hydroxyl groups is 1. The number of hydrogen-bond donors (Lipinski definition) is 2. The second-order valence-electron chi connectivity index (χ2n) is 3.41. The molecule has 0 amide bonds. The predicted molar refractivity (Wildman–Crippen MR) is 52.5 cm³/mol. The average molecular weight is 228 g/mol. The summed E-state index contributed by atoms with van der Waals surface area (Å²) >= 11 is 0. The van der Waals surface area contributed by atoms with E-state index in [1.165, 1.54) is 4.90 Å². The summed E-state index contributed by atoms with van der Waals surface area (Å²) in [7, 11) is 0. The van der Waals surface area contributed by atoms with Crippen LogP contribution in [0.4, 0.5) is 13.2 Å². The molecular weight excluding hydrogens is 209 g/mol. The van der Waals surface area contributed by atoms with Gasteiger partial charge in [0, 0.05) is 13.1 Å². The van der Waals surface area contributed by atoms with Crippen molar-refractivity contribution in [3.05, 3.63) is 0 Å². The Morgan fingerprint density at radius 3 is 2.27 bits per heavy atom. The van der Waals surface area contributed by atoms with Gasteiger partial charge < -0.3 is 10.8 Å². The van der Waals surface area contributed by atoms with Crippen LogP contribution in [-0.2, 0) is 0 Å². The second-order valence-corrected chi connectivity index (χ2v) is 3.41. The summed E-state index contributed by atoms with van der Waals surface area (Å²) < 4.78 is 37.6. The summed E-state index contributed by atoms with van der Waals surface area (Å²) in [6.45, 7) is 1.49. The van der Waals surface area contributed by atoms with Gasteiger partial charge in [0.15, 0.2) is 0 Å². The van der Waals surface area contributed by atoms with E-state index in [4.69, 9.17) is 10.8 Å². The largest absolute Gasteiger partial charge is 0.405 e. The van der Waals surface area contributed by atoms with Gasteiger partial charge in [0.05, 0.1) is 6.61 Å². The number of aliphatic hydroxyl groups excluding tert-OH is 1. The highest BCUT2D eigenvalue weighted by atomic mass is 19.4. The van der Waals surface area contributed by atoms with Crippen LogP contribution in [0.5, 0.6) is 0 Å². The van der Waals surface area contributed by atoms with Gasteiger partial charge >= 0.3 is 6.18 Å². The van der Waals surface area contributed by atoms with E-state index in [0.717, 1.165) is 6.42 Å². The topological polar surface area (TPSA) is 49.5 Å². The molecule has 0 bridgehead atoms. The number of nitrogens with zero attached hydrogens (tertiary/aromatic N) is 1. The molecule has 0 aliphatic heterocycles. The van der Waals surface area contributed by atoms with Crippen LogP contribution in [0.15, 0.2) is 0 Å². The molecule has 0 rings (SSSR count). The molecule has 0 saturated carbocycles. The van der Waals surface area contributed by atoms with Crippen molar-refractivity contribution < 1.29 is 18.3 Å². The van der Waals surface area contributed by atoms with Crippen LogP contribution >= 0.6 is 0 Å². The van der Waals surface area contributed by atoms with Gasteiger partial charge in [0.25, 0.3) is 0 Å². The molecule has 0 heterocycles. The molecule has 0 aromatic carbocycles. The fourth-order valence-electron chi connectivity index (χ4n) is 1.40. The monoisotopic (exact) mass is 228 g/mol. The molecule has 0 aromatic heterocycles. The molecule has 0 aliphatic rings. The SMILES string of the molecule is CCCCN(CCO)C(CN)C(F)(F)F. The Hall–Kier alpha value is -0.330. The number of halogens is 3. The van der Waals surface area contributed by atoms with E-state index >= 15 is 0 Å². The number of rotatable bonds is 7. The zero-order valence-electron chi connectivity index (χ0n) is 8.93. The molecule has 1 atom stereocenters. The molecule has 1 unspecified atom stereocenters. The lowest BCUT2D eigenvalue weighted by atomic mass is 10.2. The van der Waals surface area contributed by atoms with Crippen molar-refractivity contribution in [3.63, 3.8) is 0 Å². The van der Waals surface area contributed by atoms with Crippen LogP contribution in [0.2, 0.25) is 0 Å². The van der Waals surface area contributed by atoms with E-state index in [2.05, 4.69) is 0 Å². The molecule has 15 heavy (non-hydrogen) atoms. The number of alkyl halides is 3.